The summed E-state index contributed by atoms with van der Waals surface area (Å²) in [5.74, 6) is 0.973. The molecule has 60 heavy (non-hydrogen) atoms. The van der Waals surface area contributed by atoms with Crippen LogP contribution in [0.25, 0.3) is 16.5 Å². The number of aryl methyl sites for hydroxylation is 1. The Labute approximate surface area is 347 Å². The summed E-state index contributed by atoms with van der Waals surface area (Å²) in [7, 11) is 0.226. The summed E-state index contributed by atoms with van der Waals surface area (Å²) in [5, 5.41) is 67.4. The molecule has 0 bridgehead atoms. The van der Waals surface area contributed by atoms with E-state index >= 15 is 0 Å². The first-order valence-electron chi connectivity index (χ1n) is 18.7. The van der Waals surface area contributed by atoms with E-state index in [0.29, 0.717) is 39.5 Å². The Balaban J connectivity index is 1.16. The third-order valence-corrected chi connectivity index (χ3v) is 10.7. The van der Waals surface area contributed by atoms with Crippen LogP contribution in [0, 0.1) is 6.92 Å². The summed E-state index contributed by atoms with van der Waals surface area (Å²) in [4.78, 5) is 35.3. The highest BCUT2D eigenvalue weighted by Gasteiger charge is 2.30. The van der Waals surface area contributed by atoms with Crippen molar-refractivity contribution in [1.82, 2.24) is 25.1 Å². The van der Waals surface area contributed by atoms with Gasteiger partial charge in [-0.25, -0.2) is 24.5 Å². The number of methoxy groups -OCH3 is 1. The molecule has 0 fully saturated rings. The quantitative estimate of drug-likeness (QED) is 0.0651. The molecular weight excluding hydrogens is 793 g/mol. The summed E-state index contributed by atoms with van der Waals surface area (Å²) in [5.41, 5.74) is 2.97. The molecule has 9 N–H and O–H groups in total. The first-order chi connectivity index (χ1) is 28.6. The van der Waals surface area contributed by atoms with Crippen molar-refractivity contribution in [2.24, 2.45) is 0 Å². The molecule has 0 aliphatic heterocycles. The second kappa shape index (κ2) is 18.8. The van der Waals surface area contributed by atoms with Gasteiger partial charge in [0.15, 0.2) is 0 Å². The molecule has 316 valence electrons. The van der Waals surface area contributed by atoms with E-state index in [-0.39, 0.29) is 17.4 Å². The maximum atomic E-state index is 13.5. The van der Waals surface area contributed by atoms with Gasteiger partial charge in [-0.3, -0.25) is 10.1 Å². The van der Waals surface area contributed by atoms with Gasteiger partial charge in [-0.15, -0.1) is 0 Å². The van der Waals surface area contributed by atoms with Gasteiger partial charge in [0.25, 0.3) is 5.91 Å². The van der Waals surface area contributed by atoms with Crippen molar-refractivity contribution in [2.45, 2.75) is 36.4 Å². The Morgan fingerprint density at radius 3 is 2.27 bits per heavy atom. The number of hydrogen-bond donors (Lipinski definition) is 9. The minimum atomic E-state index is -1.84. The number of anilines is 4. The van der Waals surface area contributed by atoms with Crippen molar-refractivity contribution in [3.05, 3.63) is 108 Å². The summed E-state index contributed by atoms with van der Waals surface area (Å²) >= 11 is 0. The molecule has 0 unspecified atom stereocenters. The summed E-state index contributed by atoms with van der Waals surface area (Å²) in [6.07, 6.45) is 0.918. The molecule has 0 aliphatic carbocycles. The first kappa shape index (κ1) is 43.3. The molecule has 0 aliphatic rings. The maximum Gasteiger partial charge on any atom is 0.324 e. The number of urea groups is 1. The number of carbonyl (C=O) groups is 2. The fourth-order valence-corrected chi connectivity index (χ4v) is 6.77. The lowest BCUT2D eigenvalue weighted by Crippen LogP contribution is -2.49. The number of aliphatic hydroxyl groups excluding tert-OH is 5. The highest BCUT2D eigenvalue weighted by atomic mass is 32.3. The molecule has 0 radical (unpaired) electrons. The van der Waals surface area contributed by atoms with Crippen LogP contribution in [0.5, 0.6) is 17.4 Å². The van der Waals surface area contributed by atoms with Crippen molar-refractivity contribution in [3.8, 4) is 23.1 Å². The molecule has 4 atom stereocenters. The van der Waals surface area contributed by atoms with Crippen LogP contribution in [0.3, 0.4) is 0 Å². The zero-order valence-electron chi connectivity index (χ0n) is 33.5. The maximum absolute atomic E-state index is 13.5. The lowest BCUT2D eigenvalue weighted by molar-refractivity contribution is -0.113. The van der Waals surface area contributed by atoms with Gasteiger partial charge in [-0.2, -0.15) is 10.1 Å². The van der Waals surface area contributed by atoms with Gasteiger partial charge in [0.1, 0.15) is 40.7 Å². The van der Waals surface area contributed by atoms with E-state index < -0.39 is 59.5 Å². The smallest absolute Gasteiger partial charge is 0.324 e. The fourth-order valence-electron chi connectivity index (χ4n) is 5.97. The highest BCUT2D eigenvalue weighted by molar-refractivity contribution is 8.32. The van der Waals surface area contributed by atoms with Crippen LogP contribution in [0.2, 0.25) is 0 Å². The Morgan fingerprint density at radius 1 is 0.850 bits per heavy atom. The third kappa shape index (κ3) is 10.5. The van der Waals surface area contributed by atoms with Crippen LogP contribution in [-0.2, 0) is 0 Å². The molecule has 6 rings (SSSR count). The number of benzene rings is 4. The molecule has 4 aromatic carbocycles. The van der Waals surface area contributed by atoms with Gasteiger partial charge in [-0.1, -0.05) is 42.0 Å². The monoisotopic (exact) mass is 840 g/mol. The highest BCUT2D eigenvalue weighted by Crippen LogP contribution is 2.45. The first-order valence-corrected chi connectivity index (χ1v) is 21.5. The van der Waals surface area contributed by atoms with E-state index in [1.165, 1.54) is 25.4 Å². The summed E-state index contributed by atoms with van der Waals surface area (Å²) in [6, 6.07) is 26.4. The van der Waals surface area contributed by atoms with Gasteiger partial charge in [0, 0.05) is 53.0 Å². The topological polar surface area (TPSA) is 245 Å². The number of ether oxygens (including phenoxy) is 2. The molecule has 2 heterocycles. The Kier molecular flexibility index (Phi) is 13.5. The third-order valence-electron chi connectivity index (χ3n) is 9.27. The van der Waals surface area contributed by atoms with Crippen LogP contribution in [-0.4, -0.2) is 121 Å². The van der Waals surface area contributed by atoms with Gasteiger partial charge < -0.3 is 51.0 Å². The van der Waals surface area contributed by atoms with E-state index in [4.69, 9.17) is 19.7 Å². The molecule has 0 saturated carbocycles. The number of hydrogen-bond acceptors (Lipinski definition) is 13. The number of fused-ring (bicyclic) bond motifs is 1. The number of nitrogens with zero attached hydrogens (tertiary/aromatic N) is 4. The molecule has 0 saturated heterocycles. The minimum absolute atomic E-state index is 0.114. The number of rotatable bonds is 16. The molecule has 18 heteroatoms. The molecular formula is C42H48N8O9S. The Morgan fingerprint density at radius 2 is 1.57 bits per heavy atom. The standard InChI is InChI=1S/C42H48N8O9S/c1-24-10-12-27(13-11-24)50-35(21-37(49-50)60(3,4)5)47-42(57)46-31-14-15-34(30-9-7-6-8-29(30)31)59-36-16-17-43-41(48-36)45-26-18-25(19-28(20-26)58-2)40(56)44-22-32(52)38(54)39(55)33(53)23-51/h6-21,32-33,38-39,51-55H,22-23H2,1-5H3,(H,44,56)(H,43,45,48)(H2,46,47,57)/t32-,33+,38+,39+/m0/s1. The minimum Gasteiger partial charge on any atom is -0.497 e. The molecule has 2 aromatic heterocycles. The largest absolute Gasteiger partial charge is 0.497 e. The van der Waals surface area contributed by atoms with Crippen molar-refractivity contribution in [2.75, 3.05) is 55.0 Å². The average Bonchev–Trinajstić information content (AvgIpc) is 3.67. The van der Waals surface area contributed by atoms with E-state index in [0.717, 1.165) is 16.3 Å². The fraction of sp³-hybridized carbons (Fsp3) is 0.262. The van der Waals surface area contributed by atoms with Crippen LogP contribution < -0.4 is 30.7 Å². The normalized spacial score (nSPS) is 13.8. The second-order valence-corrected chi connectivity index (χ2v) is 18.7. The summed E-state index contributed by atoms with van der Waals surface area (Å²) in [6.45, 7) is 0.706. The van der Waals surface area contributed by atoms with E-state index in [1.54, 1.807) is 28.9 Å². The van der Waals surface area contributed by atoms with Crippen LogP contribution in [0.1, 0.15) is 15.9 Å². The number of amides is 3. The molecule has 0 spiro atoms. The molecule has 17 nitrogen and oxygen atoms in total. The van der Waals surface area contributed by atoms with Crippen molar-refractivity contribution >= 4 is 55.9 Å². The number of carbonyl (C=O) groups excluding carboxylic acids is 2. The SMILES string of the molecule is COc1cc(Nc2nccc(Oc3ccc(NC(=O)Nc4cc(S(C)(C)C)nn4-c4ccc(C)cc4)c4ccccc34)n2)cc(C(=O)NC[C@H](O)[C@@H](O)[C@H](O)[C@H](O)CO)c1. The zero-order chi connectivity index (χ0) is 43.1. The average molecular weight is 841 g/mol. The zero-order valence-corrected chi connectivity index (χ0v) is 34.3. The van der Waals surface area contributed by atoms with Crippen molar-refractivity contribution in [1.29, 1.82) is 0 Å². The number of nitrogens with one attached hydrogen (secondary N) is 4. The molecule has 3 amide bonds. The summed E-state index contributed by atoms with van der Waals surface area (Å²) < 4.78 is 13.4. The number of aliphatic hydroxyl groups is 5. The van der Waals surface area contributed by atoms with E-state index in [1.807, 2.05) is 61.5 Å². The van der Waals surface area contributed by atoms with Crippen LogP contribution >= 0.6 is 10.0 Å². The Bertz CT molecular complexity index is 2460. The number of aromatic nitrogens is 4. The van der Waals surface area contributed by atoms with Crippen molar-refractivity contribution in [3.63, 3.8) is 0 Å². The predicted octanol–water partition coefficient (Wildman–Crippen LogP) is 4.53. The Hall–Kier alpha value is -6.28. The van der Waals surface area contributed by atoms with Gasteiger partial charge in [-0.05, 0) is 62.1 Å². The lowest BCUT2D eigenvalue weighted by Gasteiger charge is -2.25. The van der Waals surface area contributed by atoms with Gasteiger partial charge in [0.05, 0.1) is 31.2 Å². The van der Waals surface area contributed by atoms with Crippen molar-refractivity contribution < 1.29 is 44.6 Å². The molecule has 6 aromatic rings. The van der Waals surface area contributed by atoms with Gasteiger partial charge in [0.2, 0.25) is 11.8 Å². The van der Waals surface area contributed by atoms with Crippen LogP contribution in [0.15, 0.2) is 102 Å². The second-order valence-electron chi connectivity index (χ2n) is 14.6. The lowest BCUT2D eigenvalue weighted by atomic mass is 10.0. The van der Waals surface area contributed by atoms with E-state index in [2.05, 4.69) is 50.0 Å². The van der Waals surface area contributed by atoms with Crippen LogP contribution in [0.4, 0.5) is 27.9 Å². The van der Waals surface area contributed by atoms with Gasteiger partial charge >= 0.3 is 6.03 Å². The van der Waals surface area contributed by atoms with E-state index in [9.17, 15) is 30.0 Å². The predicted molar refractivity (Wildman–Crippen MR) is 230 cm³/mol.